The molecule has 0 aromatic heterocycles. The molecule has 3 aromatic rings. The number of benzene rings is 3. The first-order valence-corrected chi connectivity index (χ1v) is 9.18. The van der Waals surface area contributed by atoms with Crippen LogP contribution in [0.1, 0.15) is 43.0 Å². The summed E-state index contributed by atoms with van der Waals surface area (Å²) in [4.78, 5) is 26.4. The van der Waals surface area contributed by atoms with Gasteiger partial charge in [-0.05, 0) is 53.8 Å². The van der Waals surface area contributed by atoms with Gasteiger partial charge in [0.25, 0.3) is 11.8 Å². The van der Waals surface area contributed by atoms with Crippen molar-refractivity contribution < 1.29 is 9.59 Å². The second kappa shape index (κ2) is 7.50. The Morgan fingerprint density at radius 2 is 1.29 bits per heavy atom. The minimum absolute atomic E-state index is 0.237. The summed E-state index contributed by atoms with van der Waals surface area (Å²) in [6.45, 7) is 0.268. The van der Waals surface area contributed by atoms with Crippen LogP contribution in [0.4, 0.5) is 0 Å². The van der Waals surface area contributed by atoms with Crippen LogP contribution in [0.2, 0.25) is 0 Å². The normalized spacial score (nSPS) is 12.8. The third kappa shape index (κ3) is 3.43. The van der Waals surface area contributed by atoms with Gasteiger partial charge >= 0.3 is 0 Å². The number of imide groups is 1. The summed E-state index contributed by atoms with van der Waals surface area (Å²) in [5, 5.41) is 9.02. The van der Waals surface area contributed by atoms with E-state index < -0.39 is 0 Å². The third-order valence-corrected chi connectivity index (χ3v) is 4.97. The predicted molar refractivity (Wildman–Crippen MR) is 106 cm³/mol. The fourth-order valence-electron chi connectivity index (χ4n) is 3.53. The molecule has 4 rings (SSSR count). The zero-order valence-corrected chi connectivity index (χ0v) is 15.3. The van der Waals surface area contributed by atoms with Gasteiger partial charge < -0.3 is 0 Å². The van der Waals surface area contributed by atoms with Gasteiger partial charge in [0.05, 0.1) is 29.3 Å². The lowest BCUT2D eigenvalue weighted by Crippen LogP contribution is -2.29. The van der Waals surface area contributed by atoms with Crippen LogP contribution in [-0.4, -0.2) is 16.7 Å². The van der Waals surface area contributed by atoms with E-state index in [2.05, 4.69) is 6.07 Å². The minimum atomic E-state index is -0.237. The third-order valence-electron chi connectivity index (χ3n) is 4.97. The number of rotatable bonds is 5. The van der Waals surface area contributed by atoms with Crippen molar-refractivity contribution in [3.05, 3.63) is 106 Å². The predicted octanol–water partition coefficient (Wildman–Crippen LogP) is 4.14. The fraction of sp³-hybridized carbons (Fsp3) is 0.125. The van der Waals surface area contributed by atoms with E-state index in [0.717, 1.165) is 29.5 Å². The maximum Gasteiger partial charge on any atom is 0.261 e. The molecule has 136 valence electrons. The number of fused-ring (bicyclic) bond motifs is 1. The first-order chi connectivity index (χ1) is 13.7. The Bertz CT molecular complexity index is 1080. The van der Waals surface area contributed by atoms with Crippen molar-refractivity contribution in [3.63, 3.8) is 0 Å². The van der Waals surface area contributed by atoms with Crippen molar-refractivity contribution in [1.29, 1.82) is 5.26 Å². The van der Waals surface area contributed by atoms with E-state index in [0.29, 0.717) is 16.7 Å². The van der Waals surface area contributed by atoms with E-state index in [1.807, 2.05) is 42.5 Å². The summed E-state index contributed by atoms with van der Waals surface area (Å²) in [6.07, 6.45) is 1.65. The molecule has 28 heavy (non-hydrogen) atoms. The molecule has 4 heteroatoms. The average Bonchev–Trinajstić information content (AvgIpc) is 2.98. The quantitative estimate of drug-likeness (QED) is 0.638. The van der Waals surface area contributed by atoms with Crippen LogP contribution in [0.15, 0.2) is 72.8 Å². The SMILES string of the molecule is N#Cc1cccc(CCc2cccc(CN3C(=O)c4ccccc4C3=O)c2)c1. The van der Waals surface area contributed by atoms with E-state index in [9.17, 15) is 9.59 Å². The number of amides is 2. The number of nitriles is 1. The maximum absolute atomic E-state index is 12.5. The van der Waals surface area contributed by atoms with Gasteiger partial charge in [-0.15, -0.1) is 0 Å². The highest BCUT2D eigenvalue weighted by Crippen LogP contribution is 2.24. The molecule has 1 aliphatic rings. The van der Waals surface area contributed by atoms with Crippen LogP contribution >= 0.6 is 0 Å². The van der Waals surface area contributed by atoms with Crippen molar-refractivity contribution in [1.82, 2.24) is 4.90 Å². The van der Waals surface area contributed by atoms with Crippen LogP contribution in [-0.2, 0) is 19.4 Å². The molecular formula is C24H18N2O2. The zero-order chi connectivity index (χ0) is 19.5. The number of carbonyl (C=O) groups is 2. The van der Waals surface area contributed by atoms with Gasteiger partial charge in [-0.25, -0.2) is 0 Å². The molecule has 0 aliphatic carbocycles. The Morgan fingerprint density at radius 1 is 0.714 bits per heavy atom. The van der Waals surface area contributed by atoms with Crippen molar-refractivity contribution in [2.75, 3.05) is 0 Å². The summed E-state index contributed by atoms with van der Waals surface area (Å²) >= 11 is 0. The van der Waals surface area contributed by atoms with Crippen LogP contribution in [0, 0.1) is 11.3 Å². The minimum Gasteiger partial charge on any atom is -0.270 e. The number of hydrogen-bond donors (Lipinski definition) is 0. The molecule has 0 N–H and O–H groups in total. The summed E-state index contributed by atoms with van der Waals surface area (Å²) in [5.41, 5.74) is 4.79. The number of hydrogen-bond acceptors (Lipinski definition) is 3. The second-order valence-electron chi connectivity index (χ2n) is 6.87. The van der Waals surface area contributed by atoms with E-state index in [-0.39, 0.29) is 18.4 Å². The maximum atomic E-state index is 12.5. The lowest BCUT2D eigenvalue weighted by Gasteiger charge is -2.14. The highest BCUT2D eigenvalue weighted by molar-refractivity contribution is 6.21. The molecule has 0 bridgehead atoms. The molecule has 1 aliphatic heterocycles. The van der Waals surface area contributed by atoms with E-state index in [4.69, 9.17) is 5.26 Å². The zero-order valence-electron chi connectivity index (χ0n) is 15.3. The molecule has 0 radical (unpaired) electrons. The monoisotopic (exact) mass is 366 g/mol. The summed E-state index contributed by atoms with van der Waals surface area (Å²) in [6, 6.07) is 24.7. The molecule has 0 atom stereocenters. The largest absolute Gasteiger partial charge is 0.270 e. The molecule has 0 saturated heterocycles. The van der Waals surface area contributed by atoms with E-state index >= 15 is 0 Å². The van der Waals surface area contributed by atoms with Crippen LogP contribution < -0.4 is 0 Å². The summed E-state index contributed by atoms with van der Waals surface area (Å²) < 4.78 is 0. The van der Waals surface area contributed by atoms with E-state index in [1.165, 1.54) is 4.90 Å². The van der Waals surface area contributed by atoms with Crippen LogP contribution in [0.3, 0.4) is 0 Å². The van der Waals surface area contributed by atoms with Gasteiger partial charge in [0.15, 0.2) is 0 Å². The van der Waals surface area contributed by atoms with Gasteiger partial charge in [0, 0.05) is 0 Å². The Morgan fingerprint density at radius 3 is 1.93 bits per heavy atom. The molecule has 0 spiro atoms. The first kappa shape index (κ1) is 17.7. The smallest absolute Gasteiger partial charge is 0.261 e. The van der Waals surface area contributed by atoms with Gasteiger partial charge in [-0.1, -0.05) is 48.5 Å². The number of nitrogens with zero attached hydrogens (tertiary/aromatic N) is 2. The highest BCUT2D eigenvalue weighted by Gasteiger charge is 2.34. The molecule has 2 amide bonds. The number of carbonyl (C=O) groups excluding carboxylic acids is 2. The van der Waals surface area contributed by atoms with Crippen LogP contribution in [0.5, 0.6) is 0 Å². The molecule has 0 unspecified atom stereocenters. The Labute approximate surface area is 163 Å². The summed E-state index contributed by atoms with van der Waals surface area (Å²) in [5.74, 6) is -0.473. The lowest BCUT2D eigenvalue weighted by molar-refractivity contribution is 0.0642. The van der Waals surface area contributed by atoms with Gasteiger partial charge in [0.2, 0.25) is 0 Å². The molecule has 0 saturated carbocycles. The van der Waals surface area contributed by atoms with Crippen molar-refractivity contribution in [2.24, 2.45) is 0 Å². The average molecular weight is 366 g/mol. The molecule has 0 fully saturated rings. The van der Waals surface area contributed by atoms with Gasteiger partial charge in [0.1, 0.15) is 0 Å². The topological polar surface area (TPSA) is 61.2 Å². The standard InChI is InChI=1S/C24H18N2O2/c25-15-19-7-3-5-17(13-19)11-12-18-6-4-8-20(14-18)16-26-23(27)21-9-1-2-10-22(21)24(26)28/h1-10,13-14H,11-12,16H2. The van der Waals surface area contributed by atoms with Gasteiger partial charge in [-0.3, -0.25) is 14.5 Å². The Kier molecular flexibility index (Phi) is 4.74. The van der Waals surface area contributed by atoms with Crippen molar-refractivity contribution >= 4 is 11.8 Å². The second-order valence-corrected chi connectivity index (χ2v) is 6.87. The first-order valence-electron chi connectivity index (χ1n) is 9.18. The Hall–Kier alpha value is -3.71. The summed E-state index contributed by atoms with van der Waals surface area (Å²) in [7, 11) is 0. The van der Waals surface area contributed by atoms with E-state index in [1.54, 1.807) is 30.3 Å². The molecule has 4 nitrogen and oxygen atoms in total. The molecule has 3 aromatic carbocycles. The lowest BCUT2D eigenvalue weighted by atomic mass is 10.0. The van der Waals surface area contributed by atoms with Crippen LogP contribution in [0.25, 0.3) is 0 Å². The van der Waals surface area contributed by atoms with Crippen molar-refractivity contribution in [3.8, 4) is 6.07 Å². The molecular weight excluding hydrogens is 348 g/mol. The fourth-order valence-corrected chi connectivity index (χ4v) is 3.53. The highest BCUT2D eigenvalue weighted by atomic mass is 16.2. The van der Waals surface area contributed by atoms with Crippen molar-refractivity contribution in [2.45, 2.75) is 19.4 Å². The molecule has 1 heterocycles. The number of aryl methyl sites for hydroxylation is 2. The van der Waals surface area contributed by atoms with Gasteiger partial charge in [-0.2, -0.15) is 5.26 Å². The Balaban J connectivity index is 1.47.